The summed E-state index contributed by atoms with van der Waals surface area (Å²) in [6.45, 7) is 0.350. The van der Waals surface area contributed by atoms with Crippen molar-refractivity contribution in [3.63, 3.8) is 0 Å². The van der Waals surface area contributed by atoms with Gasteiger partial charge in [-0.15, -0.1) is 0 Å². The number of carboxylic acid groups (broad SMARTS) is 1. The number of methoxy groups -OCH3 is 3. The monoisotopic (exact) mass is 294 g/mol. The van der Waals surface area contributed by atoms with E-state index in [1.807, 2.05) is 6.07 Å². The second kappa shape index (κ2) is 6.35. The molecule has 21 heavy (non-hydrogen) atoms. The first-order chi connectivity index (χ1) is 10.1. The Morgan fingerprint density at radius 3 is 2.33 bits per heavy atom. The minimum Gasteiger partial charge on any atom is -0.497 e. The first kappa shape index (κ1) is 15.6. The Bertz CT molecular complexity index is 518. The van der Waals surface area contributed by atoms with Crippen molar-refractivity contribution in [2.24, 2.45) is 0 Å². The number of ether oxygens (including phenoxy) is 3. The third-order valence-electron chi connectivity index (χ3n) is 4.26. The fourth-order valence-electron chi connectivity index (χ4n) is 3.21. The Kier molecular flexibility index (Phi) is 4.73. The molecule has 0 aliphatic heterocycles. The molecule has 1 saturated carbocycles. The Morgan fingerprint density at radius 2 is 1.86 bits per heavy atom. The van der Waals surface area contributed by atoms with Crippen molar-refractivity contribution in [3.8, 4) is 11.5 Å². The van der Waals surface area contributed by atoms with Gasteiger partial charge < -0.3 is 19.3 Å². The van der Waals surface area contributed by atoms with Crippen molar-refractivity contribution >= 4 is 5.97 Å². The number of rotatable bonds is 6. The van der Waals surface area contributed by atoms with Gasteiger partial charge in [0.2, 0.25) is 0 Å². The minimum absolute atomic E-state index is 0.350. The molecule has 5 heteroatoms. The van der Waals surface area contributed by atoms with Gasteiger partial charge in [0.05, 0.1) is 26.2 Å². The lowest BCUT2D eigenvalue weighted by molar-refractivity contribution is -0.143. The van der Waals surface area contributed by atoms with Crippen molar-refractivity contribution in [1.82, 2.24) is 0 Å². The average Bonchev–Trinajstić information content (AvgIpc) is 2.97. The molecular weight excluding hydrogens is 272 g/mol. The largest absolute Gasteiger partial charge is 0.497 e. The molecule has 1 aromatic carbocycles. The minimum atomic E-state index is -0.887. The van der Waals surface area contributed by atoms with Crippen LogP contribution >= 0.6 is 0 Å². The smallest absolute Gasteiger partial charge is 0.314 e. The van der Waals surface area contributed by atoms with E-state index in [2.05, 4.69) is 0 Å². The van der Waals surface area contributed by atoms with E-state index in [1.165, 1.54) is 0 Å². The van der Waals surface area contributed by atoms with Gasteiger partial charge in [-0.2, -0.15) is 0 Å². The summed E-state index contributed by atoms with van der Waals surface area (Å²) >= 11 is 0. The first-order valence-electron chi connectivity index (χ1n) is 7.06. The van der Waals surface area contributed by atoms with Gasteiger partial charge in [0.1, 0.15) is 11.5 Å². The standard InChI is InChI=1S/C16H22O5/c1-19-10-11-8-12(20-2)9-13(14(11)21-3)16(15(17)18)6-4-5-7-16/h8-9H,4-7,10H2,1-3H3,(H,17,18). The first-order valence-corrected chi connectivity index (χ1v) is 7.06. The SMILES string of the molecule is COCc1cc(OC)cc(C2(C(=O)O)CCCC2)c1OC. The van der Waals surface area contributed by atoms with E-state index in [0.717, 1.165) is 18.4 Å². The van der Waals surface area contributed by atoms with Crippen LogP contribution in [0.2, 0.25) is 0 Å². The molecule has 0 spiro atoms. The van der Waals surface area contributed by atoms with Crippen LogP contribution in [0.1, 0.15) is 36.8 Å². The molecule has 0 radical (unpaired) electrons. The lowest BCUT2D eigenvalue weighted by Gasteiger charge is -2.28. The van der Waals surface area contributed by atoms with Crippen LogP contribution in [-0.2, 0) is 21.6 Å². The molecule has 0 bridgehead atoms. The maximum atomic E-state index is 11.9. The number of aliphatic carboxylic acids is 1. The van der Waals surface area contributed by atoms with Crippen molar-refractivity contribution in [2.45, 2.75) is 37.7 Å². The molecule has 0 amide bonds. The normalized spacial score (nSPS) is 16.7. The molecule has 5 nitrogen and oxygen atoms in total. The topological polar surface area (TPSA) is 65.0 Å². The molecule has 0 aromatic heterocycles. The molecule has 0 atom stereocenters. The summed E-state index contributed by atoms with van der Waals surface area (Å²) in [5.74, 6) is 0.433. The molecule has 1 aliphatic rings. The van der Waals surface area contributed by atoms with E-state index in [9.17, 15) is 9.90 Å². The van der Waals surface area contributed by atoms with E-state index < -0.39 is 11.4 Å². The summed E-state index contributed by atoms with van der Waals surface area (Å²) in [4.78, 5) is 11.9. The zero-order chi connectivity index (χ0) is 15.5. The Morgan fingerprint density at radius 1 is 1.19 bits per heavy atom. The third-order valence-corrected chi connectivity index (χ3v) is 4.26. The summed E-state index contributed by atoms with van der Waals surface area (Å²) in [7, 11) is 4.74. The highest BCUT2D eigenvalue weighted by molar-refractivity contribution is 5.83. The molecular formula is C16H22O5. The van der Waals surface area contributed by atoms with Crippen LogP contribution in [0.4, 0.5) is 0 Å². The van der Waals surface area contributed by atoms with Gasteiger partial charge in [-0.3, -0.25) is 4.79 Å². The molecule has 0 unspecified atom stereocenters. The summed E-state index contributed by atoms with van der Waals surface area (Å²) in [5.41, 5.74) is 0.616. The van der Waals surface area contributed by atoms with Crippen molar-refractivity contribution in [1.29, 1.82) is 0 Å². The van der Waals surface area contributed by atoms with Crippen LogP contribution < -0.4 is 9.47 Å². The lowest BCUT2D eigenvalue weighted by Crippen LogP contribution is -2.33. The number of hydrogen-bond donors (Lipinski definition) is 1. The van der Waals surface area contributed by atoms with Gasteiger partial charge in [0.15, 0.2) is 0 Å². The average molecular weight is 294 g/mol. The van der Waals surface area contributed by atoms with Gasteiger partial charge >= 0.3 is 5.97 Å². The summed E-state index contributed by atoms with van der Waals surface area (Å²) in [6, 6.07) is 3.62. The van der Waals surface area contributed by atoms with Crippen LogP contribution in [0.15, 0.2) is 12.1 Å². The number of hydrogen-bond acceptors (Lipinski definition) is 4. The number of carboxylic acids is 1. The second-order valence-electron chi connectivity index (χ2n) is 5.39. The summed E-state index contributed by atoms with van der Waals surface area (Å²) in [5, 5.41) is 9.79. The van der Waals surface area contributed by atoms with Crippen LogP contribution in [-0.4, -0.2) is 32.4 Å². The van der Waals surface area contributed by atoms with Crippen molar-refractivity contribution < 1.29 is 24.1 Å². The van der Waals surface area contributed by atoms with E-state index in [0.29, 0.717) is 36.5 Å². The fraction of sp³-hybridized carbons (Fsp3) is 0.562. The van der Waals surface area contributed by atoms with E-state index >= 15 is 0 Å². The molecule has 2 rings (SSSR count). The van der Waals surface area contributed by atoms with Gasteiger partial charge in [-0.1, -0.05) is 12.8 Å². The maximum Gasteiger partial charge on any atom is 0.314 e. The molecule has 0 heterocycles. The molecule has 1 fully saturated rings. The number of carbonyl (C=O) groups is 1. The third kappa shape index (κ3) is 2.70. The highest BCUT2D eigenvalue weighted by Crippen LogP contribution is 2.47. The fourth-order valence-corrected chi connectivity index (χ4v) is 3.21. The molecule has 0 saturated heterocycles. The van der Waals surface area contributed by atoms with Crippen molar-refractivity contribution in [2.75, 3.05) is 21.3 Å². The van der Waals surface area contributed by atoms with E-state index in [-0.39, 0.29) is 0 Å². The van der Waals surface area contributed by atoms with Crippen LogP contribution in [0.5, 0.6) is 11.5 Å². The highest BCUT2D eigenvalue weighted by atomic mass is 16.5. The van der Waals surface area contributed by atoms with Gasteiger partial charge in [-0.05, 0) is 25.0 Å². The Balaban J connectivity index is 2.64. The second-order valence-corrected chi connectivity index (χ2v) is 5.39. The Hall–Kier alpha value is -1.75. The van der Waals surface area contributed by atoms with E-state index in [4.69, 9.17) is 14.2 Å². The van der Waals surface area contributed by atoms with Gasteiger partial charge in [0.25, 0.3) is 0 Å². The maximum absolute atomic E-state index is 11.9. The van der Waals surface area contributed by atoms with Gasteiger partial charge in [-0.25, -0.2) is 0 Å². The summed E-state index contributed by atoms with van der Waals surface area (Å²) in [6.07, 6.45) is 3.06. The Labute approximate surface area is 124 Å². The predicted octanol–water partition coefficient (Wildman–Crippen LogP) is 2.75. The summed E-state index contributed by atoms with van der Waals surface area (Å²) < 4.78 is 16.0. The zero-order valence-electron chi connectivity index (χ0n) is 12.8. The van der Waals surface area contributed by atoms with Gasteiger partial charge in [0, 0.05) is 18.2 Å². The van der Waals surface area contributed by atoms with E-state index in [1.54, 1.807) is 27.4 Å². The number of benzene rings is 1. The van der Waals surface area contributed by atoms with Crippen molar-refractivity contribution in [3.05, 3.63) is 23.3 Å². The van der Waals surface area contributed by atoms with Crippen LogP contribution in [0.25, 0.3) is 0 Å². The molecule has 116 valence electrons. The van der Waals surface area contributed by atoms with Crippen LogP contribution in [0.3, 0.4) is 0 Å². The predicted molar refractivity (Wildman–Crippen MR) is 78.0 cm³/mol. The highest BCUT2D eigenvalue weighted by Gasteiger charge is 2.45. The van der Waals surface area contributed by atoms with Crippen LogP contribution in [0, 0.1) is 0 Å². The lowest BCUT2D eigenvalue weighted by atomic mass is 9.77. The molecule has 1 aliphatic carbocycles. The molecule has 1 N–H and O–H groups in total. The quantitative estimate of drug-likeness (QED) is 0.874. The zero-order valence-corrected chi connectivity index (χ0v) is 12.8. The molecule has 1 aromatic rings.